The van der Waals surface area contributed by atoms with Gasteiger partial charge in [0.15, 0.2) is 5.82 Å². The standard InChI is InChI=1S/C29H27N7O3/c1-3-38-28(37)29(10-11-29)23-8-4-18(12-20(23)13-30)19-5-9-24(32-14-19)22-15-33-36(2)27(22)35-25-16-31-17-26(34-25)39-21-6-7-21/h4-5,8-9,12,14-17,21H,3,6-7,10-11H2,1-2H3,(H,34,35). The van der Waals surface area contributed by atoms with Crippen LogP contribution in [-0.2, 0) is 22.0 Å². The topological polar surface area (TPSA) is 128 Å². The molecule has 0 unspecified atom stereocenters. The van der Waals surface area contributed by atoms with Crippen molar-refractivity contribution in [3.05, 3.63) is 66.2 Å². The van der Waals surface area contributed by atoms with Gasteiger partial charge in [-0.1, -0.05) is 18.2 Å². The van der Waals surface area contributed by atoms with Crippen molar-refractivity contribution in [2.24, 2.45) is 7.05 Å². The highest BCUT2D eigenvalue weighted by molar-refractivity contribution is 5.88. The number of benzene rings is 1. The second kappa shape index (κ2) is 9.83. The number of esters is 1. The van der Waals surface area contributed by atoms with Crippen LogP contribution in [0.3, 0.4) is 0 Å². The normalized spacial score (nSPS) is 15.3. The number of nitrogens with one attached hydrogen (secondary N) is 1. The molecule has 196 valence electrons. The average molecular weight is 522 g/mol. The molecule has 10 heteroatoms. The molecular formula is C29H27N7O3. The summed E-state index contributed by atoms with van der Waals surface area (Å²) in [5, 5.41) is 17.5. The zero-order valence-electron chi connectivity index (χ0n) is 21.7. The predicted octanol–water partition coefficient (Wildman–Crippen LogP) is 4.69. The van der Waals surface area contributed by atoms with Crippen molar-refractivity contribution in [1.29, 1.82) is 5.26 Å². The van der Waals surface area contributed by atoms with Crippen molar-refractivity contribution >= 4 is 17.6 Å². The Balaban J connectivity index is 1.24. The summed E-state index contributed by atoms with van der Waals surface area (Å²) in [4.78, 5) is 26.0. The van der Waals surface area contributed by atoms with Gasteiger partial charge in [0.1, 0.15) is 11.9 Å². The van der Waals surface area contributed by atoms with Gasteiger partial charge in [-0.15, -0.1) is 0 Å². The summed E-state index contributed by atoms with van der Waals surface area (Å²) in [6.45, 7) is 2.11. The van der Waals surface area contributed by atoms with Gasteiger partial charge in [-0.3, -0.25) is 19.4 Å². The molecule has 0 aliphatic heterocycles. The molecule has 0 atom stereocenters. The lowest BCUT2D eigenvalue weighted by Gasteiger charge is -2.16. The highest BCUT2D eigenvalue weighted by Gasteiger charge is 2.53. The first-order valence-electron chi connectivity index (χ1n) is 13.0. The van der Waals surface area contributed by atoms with Crippen LogP contribution in [0.4, 0.5) is 11.6 Å². The fourth-order valence-corrected chi connectivity index (χ4v) is 4.65. The molecule has 1 aromatic carbocycles. The van der Waals surface area contributed by atoms with Crippen LogP contribution in [0.5, 0.6) is 5.88 Å². The molecule has 0 radical (unpaired) electrons. The molecule has 4 aromatic rings. The quantitative estimate of drug-likeness (QED) is 0.312. The van der Waals surface area contributed by atoms with Gasteiger partial charge < -0.3 is 14.8 Å². The number of ether oxygens (including phenoxy) is 2. The Kier molecular flexibility index (Phi) is 6.19. The smallest absolute Gasteiger partial charge is 0.316 e. The number of aryl methyl sites for hydroxylation is 1. The molecule has 0 bridgehead atoms. The van der Waals surface area contributed by atoms with E-state index in [1.54, 1.807) is 36.4 Å². The van der Waals surface area contributed by atoms with E-state index in [1.807, 2.05) is 37.4 Å². The molecule has 39 heavy (non-hydrogen) atoms. The van der Waals surface area contributed by atoms with E-state index in [-0.39, 0.29) is 12.1 Å². The van der Waals surface area contributed by atoms with Crippen molar-refractivity contribution < 1.29 is 14.3 Å². The van der Waals surface area contributed by atoms with E-state index >= 15 is 0 Å². The van der Waals surface area contributed by atoms with Crippen LogP contribution < -0.4 is 10.1 Å². The minimum absolute atomic E-state index is 0.234. The van der Waals surface area contributed by atoms with Crippen molar-refractivity contribution in [1.82, 2.24) is 24.7 Å². The van der Waals surface area contributed by atoms with Crippen LogP contribution in [-0.4, -0.2) is 43.4 Å². The Labute approximate surface area is 225 Å². The summed E-state index contributed by atoms with van der Waals surface area (Å²) in [7, 11) is 1.84. The van der Waals surface area contributed by atoms with Gasteiger partial charge in [0.25, 0.3) is 0 Å². The molecule has 3 heterocycles. The number of anilines is 2. The van der Waals surface area contributed by atoms with Gasteiger partial charge >= 0.3 is 5.97 Å². The molecule has 0 saturated heterocycles. The first-order valence-corrected chi connectivity index (χ1v) is 13.0. The van der Waals surface area contributed by atoms with Gasteiger partial charge in [-0.05, 0) is 55.9 Å². The largest absolute Gasteiger partial charge is 0.473 e. The number of rotatable bonds is 9. The summed E-state index contributed by atoms with van der Waals surface area (Å²) in [5.74, 6) is 1.51. The lowest BCUT2D eigenvalue weighted by molar-refractivity contribution is -0.146. The lowest BCUT2D eigenvalue weighted by Crippen LogP contribution is -2.24. The number of carbonyl (C=O) groups is 1. The number of pyridine rings is 1. The van der Waals surface area contributed by atoms with Crippen LogP contribution in [0.1, 0.15) is 43.7 Å². The molecule has 10 nitrogen and oxygen atoms in total. The number of carbonyl (C=O) groups excluding carboxylic acids is 1. The SMILES string of the molecule is CCOC(=O)C1(c2ccc(-c3ccc(-c4cnn(C)c4Nc4cncc(OC5CC5)n4)nc3)cc2C#N)CC1. The number of hydrogen-bond acceptors (Lipinski definition) is 9. The van der Waals surface area contributed by atoms with Gasteiger partial charge in [0.2, 0.25) is 5.88 Å². The third kappa shape index (κ3) is 4.79. The van der Waals surface area contributed by atoms with Crippen LogP contribution >= 0.6 is 0 Å². The second-order valence-corrected chi connectivity index (χ2v) is 9.82. The summed E-state index contributed by atoms with van der Waals surface area (Å²) in [5.41, 5.74) is 3.76. The molecular weight excluding hydrogens is 494 g/mol. The first-order chi connectivity index (χ1) is 19.0. The number of nitriles is 1. The molecule has 3 aromatic heterocycles. The molecule has 0 amide bonds. The number of nitrogens with zero attached hydrogens (tertiary/aromatic N) is 6. The van der Waals surface area contributed by atoms with Crippen molar-refractivity contribution in [3.8, 4) is 34.3 Å². The minimum atomic E-state index is -0.695. The third-order valence-corrected chi connectivity index (χ3v) is 7.05. The Morgan fingerprint density at radius 2 is 1.97 bits per heavy atom. The van der Waals surface area contributed by atoms with Crippen LogP contribution in [0.15, 0.2) is 55.1 Å². The van der Waals surface area contributed by atoms with E-state index < -0.39 is 5.41 Å². The maximum atomic E-state index is 12.6. The maximum Gasteiger partial charge on any atom is 0.316 e. The lowest BCUT2D eigenvalue weighted by atomic mass is 9.89. The zero-order chi connectivity index (χ0) is 27.0. The second-order valence-electron chi connectivity index (χ2n) is 9.82. The van der Waals surface area contributed by atoms with Gasteiger partial charge in [-0.2, -0.15) is 15.3 Å². The number of aromatic nitrogens is 5. The molecule has 0 spiro atoms. The van der Waals surface area contributed by atoms with E-state index in [0.717, 1.165) is 46.6 Å². The average Bonchev–Trinajstić information content (AvgIpc) is 3.89. The van der Waals surface area contributed by atoms with Crippen LogP contribution in [0.25, 0.3) is 22.4 Å². The fraction of sp³-hybridized carbons (Fsp3) is 0.310. The zero-order valence-corrected chi connectivity index (χ0v) is 21.7. The summed E-state index contributed by atoms with van der Waals surface area (Å²) >= 11 is 0. The molecule has 2 saturated carbocycles. The highest BCUT2D eigenvalue weighted by Crippen LogP contribution is 2.50. The van der Waals surface area contributed by atoms with E-state index in [9.17, 15) is 10.1 Å². The molecule has 2 fully saturated rings. The van der Waals surface area contributed by atoms with E-state index in [4.69, 9.17) is 9.47 Å². The monoisotopic (exact) mass is 521 g/mol. The minimum Gasteiger partial charge on any atom is -0.473 e. The van der Waals surface area contributed by atoms with E-state index in [1.165, 1.54) is 0 Å². The Morgan fingerprint density at radius 1 is 1.15 bits per heavy atom. The van der Waals surface area contributed by atoms with Crippen molar-refractivity contribution in [2.75, 3.05) is 11.9 Å². The van der Waals surface area contributed by atoms with Crippen molar-refractivity contribution in [3.63, 3.8) is 0 Å². The summed E-state index contributed by atoms with van der Waals surface area (Å²) < 4.78 is 12.8. The third-order valence-electron chi connectivity index (χ3n) is 7.05. The summed E-state index contributed by atoms with van der Waals surface area (Å²) in [6, 6.07) is 11.8. The molecule has 6 rings (SSSR count). The van der Waals surface area contributed by atoms with Gasteiger partial charge in [-0.25, -0.2) is 0 Å². The van der Waals surface area contributed by atoms with Gasteiger partial charge in [0, 0.05) is 18.8 Å². The summed E-state index contributed by atoms with van der Waals surface area (Å²) in [6.07, 6.45) is 10.5. The first kappa shape index (κ1) is 24.6. The van der Waals surface area contributed by atoms with Crippen molar-refractivity contribution in [2.45, 2.75) is 44.1 Å². The predicted molar refractivity (Wildman–Crippen MR) is 143 cm³/mol. The maximum absolute atomic E-state index is 12.6. The molecule has 2 aliphatic carbocycles. The molecule has 2 aliphatic rings. The molecule has 1 N–H and O–H groups in total. The highest BCUT2D eigenvalue weighted by atomic mass is 16.5. The van der Waals surface area contributed by atoms with E-state index in [2.05, 4.69) is 31.4 Å². The van der Waals surface area contributed by atoms with Gasteiger partial charge in [0.05, 0.1) is 53.5 Å². The van der Waals surface area contributed by atoms with E-state index in [0.29, 0.717) is 36.7 Å². The number of hydrogen-bond donors (Lipinski definition) is 1. The van der Waals surface area contributed by atoms with Crippen LogP contribution in [0, 0.1) is 11.3 Å². The fourth-order valence-electron chi connectivity index (χ4n) is 4.65. The Bertz CT molecular complexity index is 1580. The van der Waals surface area contributed by atoms with Crippen LogP contribution in [0.2, 0.25) is 0 Å². The Hall–Kier alpha value is -4.78. The Morgan fingerprint density at radius 3 is 2.67 bits per heavy atom.